The van der Waals surface area contributed by atoms with Crippen molar-refractivity contribution >= 4 is 5.97 Å². The van der Waals surface area contributed by atoms with Gasteiger partial charge in [-0.3, -0.25) is 4.79 Å². The van der Waals surface area contributed by atoms with Crippen LogP contribution in [0, 0.1) is 11.8 Å². The van der Waals surface area contributed by atoms with Crippen molar-refractivity contribution < 1.29 is 9.90 Å². The van der Waals surface area contributed by atoms with Crippen LogP contribution in [0.1, 0.15) is 39.0 Å². The Morgan fingerprint density at radius 2 is 2.21 bits per heavy atom. The summed E-state index contributed by atoms with van der Waals surface area (Å²) in [5, 5.41) is 11.9. The summed E-state index contributed by atoms with van der Waals surface area (Å²) in [7, 11) is 0. The van der Waals surface area contributed by atoms with Crippen LogP contribution in [0.4, 0.5) is 0 Å². The fourth-order valence-corrected chi connectivity index (χ4v) is 1.49. The van der Waals surface area contributed by atoms with Crippen molar-refractivity contribution in [3.63, 3.8) is 0 Å². The first-order chi connectivity index (χ1) is 6.68. The van der Waals surface area contributed by atoms with E-state index in [0.29, 0.717) is 12.3 Å². The summed E-state index contributed by atoms with van der Waals surface area (Å²) in [6.45, 7) is 4.32. The van der Waals surface area contributed by atoms with Gasteiger partial charge in [-0.25, -0.2) is 0 Å². The molecule has 3 nitrogen and oxygen atoms in total. The molecule has 0 aromatic heterocycles. The van der Waals surface area contributed by atoms with Gasteiger partial charge in [0, 0.05) is 6.42 Å². The Morgan fingerprint density at radius 1 is 1.50 bits per heavy atom. The lowest BCUT2D eigenvalue weighted by molar-refractivity contribution is -0.137. The number of aliphatic carboxylic acids is 1. The number of carboxylic acids is 1. The molecule has 1 rings (SSSR count). The molecule has 82 valence electrons. The van der Waals surface area contributed by atoms with E-state index in [1.807, 2.05) is 0 Å². The number of hydrogen-bond acceptors (Lipinski definition) is 2. The van der Waals surface area contributed by atoms with Crippen LogP contribution in [-0.2, 0) is 4.79 Å². The average Bonchev–Trinajstić information content (AvgIpc) is 2.92. The van der Waals surface area contributed by atoms with Crippen molar-refractivity contribution in [3.8, 4) is 0 Å². The van der Waals surface area contributed by atoms with Gasteiger partial charge in [-0.05, 0) is 50.6 Å². The van der Waals surface area contributed by atoms with E-state index in [0.717, 1.165) is 31.8 Å². The first-order valence-electron chi connectivity index (χ1n) is 5.61. The third-order valence-corrected chi connectivity index (χ3v) is 2.79. The third kappa shape index (κ3) is 5.97. The molecule has 0 radical (unpaired) electrons. The van der Waals surface area contributed by atoms with Crippen LogP contribution >= 0.6 is 0 Å². The summed E-state index contributed by atoms with van der Waals surface area (Å²) in [6.07, 6.45) is 4.99. The van der Waals surface area contributed by atoms with Crippen LogP contribution in [0.5, 0.6) is 0 Å². The normalized spacial score (nSPS) is 18.1. The van der Waals surface area contributed by atoms with Gasteiger partial charge in [-0.1, -0.05) is 6.92 Å². The largest absolute Gasteiger partial charge is 0.481 e. The Bertz CT molecular complexity index is 178. The predicted octanol–water partition coefficient (Wildman–Crippen LogP) is 1.88. The highest BCUT2D eigenvalue weighted by Gasteiger charge is 2.20. The number of carbonyl (C=O) groups is 1. The maximum atomic E-state index is 10.3. The van der Waals surface area contributed by atoms with Gasteiger partial charge in [0.05, 0.1) is 0 Å². The van der Waals surface area contributed by atoms with Gasteiger partial charge < -0.3 is 10.4 Å². The molecule has 1 fully saturated rings. The van der Waals surface area contributed by atoms with Gasteiger partial charge in [0.15, 0.2) is 0 Å². The smallest absolute Gasteiger partial charge is 0.303 e. The van der Waals surface area contributed by atoms with Crippen molar-refractivity contribution in [3.05, 3.63) is 0 Å². The van der Waals surface area contributed by atoms with Crippen molar-refractivity contribution in [2.24, 2.45) is 11.8 Å². The van der Waals surface area contributed by atoms with Crippen LogP contribution < -0.4 is 5.32 Å². The highest BCUT2D eigenvalue weighted by atomic mass is 16.4. The fourth-order valence-electron chi connectivity index (χ4n) is 1.49. The lowest BCUT2D eigenvalue weighted by atomic mass is 10.0. The first kappa shape index (κ1) is 11.5. The minimum absolute atomic E-state index is 0.309. The van der Waals surface area contributed by atoms with Crippen LogP contribution in [0.2, 0.25) is 0 Å². The summed E-state index contributed by atoms with van der Waals surface area (Å²) in [5.41, 5.74) is 0. The van der Waals surface area contributed by atoms with Crippen molar-refractivity contribution in [2.45, 2.75) is 39.0 Å². The topological polar surface area (TPSA) is 49.3 Å². The molecule has 0 spiro atoms. The highest BCUT2D eigenvalue weighted by molar-refractivity contribution is 5.66. The molecule has 1 unspecified atom stereocenters. The van der Waals surface area contributed by atoms with E-state index in [1.165, 1.54) is 12.8 Å². The molecule has 1 aliphatic rings. The lowest BCUT2D eigenvalue weighted by Crippen LogP contribution is -2.20. The molecule has 0 bridgehead atoms. The Balaban J connectivity index is 1.85. The van der Waals surface area contributed by atoms with Gasteiger partial charge in [-0.15, -0.1) is 0 Å². The van der Waals surface area contributed by atoms with Crippen LogP contribution in [-0.4, -0.2) is 24.2 Å². The van der Waals surface area contributed by atoms with E-state index in [1.54, 1.807) is 0 Å². The van der Waals surface area contributed by atoms with E-state index < -0.39 is 5.97 Å². The van der Waals surface area contributed by atoms with Crippen molar-refractivity contribution in [1.82, 2.24) is 5.32 Å². The van der Waals surface area contributed by atoms with Crippen molar-refractivity contribution in [1.29, 1.82) is 0 Å². The molecule has 1 saturated carbocycles. The minimum Gasteiger partial charge on any atom is -0.481 e. The second-order valence-electron chi connectivity index (χ2n) is 4.47. The lowest BCUT2D eigenvalue weighted by Gasteiger charge is -2.10. The molecule has 1 atom stereocenters. The molecule has 1 aliphatic carbocycles. The van der Waals surface area contributed by atoms with Gasteiger partial charge in [0.2, 0.25) is 0 Å². The molecule has 0 aromatic rings. The Kier molecular flexibility index (Phi) is 4.94. The van der Waals surface area contributed by atoms with E-state index >= 15 is 0 Å². The molecule has 0 aliphatic heterocycles. The first-order valence-corrected chi connectivity index (χ1v) is 5.61. The summed E-state index contributed by atoms with van der Waals surface area (Å²) < 4.78 is 0. The zero-order valence-corrected chi connectivity index (χ0v) is 8.96. The average molecular weight is 199 g/mol. The number of rotatable bonds is 8. The van der Waals surface area contributed by atoms with Crippen LogP contribution in [0.15, 0.2) is 0 Å². The van der Waals surface area contributed by atoms with Crippen LogP contribution in [0.3, 0.4) is 0 Å². The molecule has 0 amide bonds. The molecule has 3 heteroatoms. The molecular formula is C11H21NO2. The highest BCUT2D eigenvalue weighted by Crippen LogP contribution is 2.27. The fraction of sp³-hybridized carbons (Fsp3) is 0.909. The second-order valence-corrected chi connectivity index (χ2v) is 4.47. The zero-order chi connectivity index (χ0) is 10.4. The Morgan fingerprint density at radius 3 is 2.79 bits per heavy atom. The molecule has 0 heterocycles. The molecule has 0 aromatic carbocycles. The maximum absolute atomic E-state index is 10.3. The maximum Gasteiger partial charge on any atom is 0.303 e. The zero-order valence-electron chi connectivity index (χ0n) is 8.96. The SMILES string of the molecule is CC(CCNCC1CC1)CCC(=O)O. The summed E-state index contributed by atoms with van der Waals surface area (Å²) in [4.78, 5) is 10.3. The van der Waals surface area contributed by atoms with E-state index in [2.05, 4.69) is 12.2 Å². The van der Waals surface area contributed by atoms with E-state index in [9.17, 15) is 4.79 Å². The molecule has 2 N–H and O–H groups in total. The predicted molar refractivity (Wildman–Crippen MR) is 56.2 cm³/mol. The monoisotopic (exact) mass is 199 g/mol. The molecular weight excluding hydrogens is 178 g/mol. The molecule has 0 saturated heterocycles. The third-order valence-electron chi connectivity index (χ3n) is 2.79. The quantitative estimate of drug-likeness (QED) is 0.587. The Labute approximate surface area is 85.9 Å². The van der Waals surface area contributed by atoms with Gasteiger partial charge >= 0.3 is 5.97 Å². The van der Waals surface area contributed by atoms with E-state index in [4.69, 9.17) is 5.11 Å². The summed E-state index contributed by atoms with van der Waals surface area (Å²) in [5.74, 6) is 0.782. The standard InChI is InChI=1S/C11H21NO2/c1-9(2-5-11(13)14)6-7-12-8-10-3-4-10/h9-10,12H,2-8H2,1H3,(H,13,14). The summed E-state index contributed by atoms with van der Waals surface area (Å²) in [6, 6.07) is 0. The number of carboxylic acid groups (broad SMARTS) is 1. The van der Waals surface area contributed by atoms with E-state index in [-0.39, 0.29) is 0 Å². The Hall–Kier alpha value is -0.570. The van der Waals surface area contributed by atoms with Crippen molar-refractivity contribution in [2.75, 3.05) is 13.1 Å². The van der Waals surface area contributed by atoms with Gasteiger partial charge in [-0.2, -0.15) is 0 Å². The van der Waals surface area contributed by atoms with Gasteiger partial charge in [0.1, 0.15) is 0 Å². The number of hydrogen-bond donors (Lipinski definition) is 2. The van der Waals surface area contributed by atoms with Gasteiger partial charge in [0.25, 0.3) is 0 Å². The summed E-state index contributed by atoms with van der Waals surface area (Å²) >= 11 is 0. The molecule has 14 heavy (non-hydrogen) atoms. The van der Waals surface area contributed by atoms with Crippen LogP contribution in [0.25, 0.3) is 0 Å². The second kappa shape index (κ2) is 6.02. The minimum atomic E-state index is -0.678. The number of nitrogens with one attached hydrogen (secondary N) is 1.